The van der Waals surface area contributed by atoms with Crippen LogP contribution in [0.25, 0.3) is 0 Å². The van der Waals surface area contributed by atoms with Crippen LogP contribution in [0.1, 0.15) is 53.9 Å². The number of aliphatic hydroxyl groups is 1. The number of hydrogen-bond acceptors (Lipinski definition) is 2. The van der Waals surface area contributed by atoms with Crippen LogP contribution in [0.5, 0.6) is 0 Å². The molecule has 1 unspecified atom stereocenters. The van der Waals surface area contributed by atoms with Crippen LogP contribution >= 0.6 is 0 Å². The van der Waals surface area contributed by atoms with Crippen LogP contribution in [-0.2, 0) is 7.05 Å². The first-order chi connectivity index (χ1) is 8.91. The summed E-state index contributed by atoms with van der Waals surface area (Å²) in [5.74, 6) is 0.507. The Balaban J connectivity index is 2.36. The second-order valence-electron chi connectivity index (χ2n) is 5.43. The Morgan fingerprint density at radius 2 is 1.58 bits per heavy atom. The molecular weight excluding hydrogens is 236 g/mol. The Morgan fingerprint density at radius 1 is 1.05 bits per heavy atom. The van der Waals surface area contributed by atoms with Gasteiger partial charge in [-0.25, -0.2) is 0 Å². The summed E-state index contributed by atoms with van der Waals surface area (Å²) in [4.78, 5) is 0. The second-order valence-corrected chi connectivity index (χ2v) is 5.43. The highest BCUT2D eigenvalue weighted by atomic mass is 16.3. The van der Waals surface area contributed by atoms with Crippen LogP contribution in [0.15, 0.2) is 24.3 Å². The van der Waals surface area contributed by atoms with Gasteiger partial charge in [-0.1, -0.05) is 38.1 Å². The van der Waals surface area contributed by atoms with Crippen molar-refractivity contribution in [3.05, 3.63) is 52.3 Å². The third-order valence-electron chi connectivity index (χ3n) is 3.76. The molecule has 3 nitrogen and oxygen atoms in total. The van der Waals surface area contributed by atoms with E-state index in [4.69, 9.17) is 0 Å². The summed E-state index contributed by atoms with van der Waals surface area (Å²) < 4.78 is 1.82. The first-order valence-electron chi connectivity index (χ1n) is 6.69. The molecule has 0 aliphatic rings. The van der Waals surface area contributed by atoms with Crippen molar-refractivity contribution in [3.8, 4) is 0 Å². The molecule has 1 heterocycles. The molecule has 19 heavy (non-hydrogen) atoms. The van der Waals surface area contributed by atoms with E-state index < -0.39 is 6.10 Å². The fraction of sp³-hybridized carbons (Fsp3) is 0.438. The van der Waals surface area contributed by atoms with Crippen molar-refractivity contribution in [2.45, 2.75) is 39.7 Å². The predicted octanol–water partition coefficient (Wildman–Crippen LogP) is 3.24. The van der Waals surface area contributed by atoms with E-state index >= 15 is 0 Å². The molecule has 0 spiro atoms. The van der Waals surface area contributed by atoms with E-state index in [1.807, 2.05) is 37.7 Å². The number of benzene rings is 1. The van der Waals surface area contributed by atoms with E-state index in [1.165, 1.54) is 5.56 Å². The standard InChI is InChI=1S/C16H22N2O/c1-10(2)13-6-8-14(9-7-13)16(19)15-11(3)17-18(5)12(15)4/h6-10,16,19H,1-5H3. The zero-order valence-corrected chi connectivity index (χ0v) is 12.3. The van der Waals surface area contributed by atoms with Crippen molar-refractivity contribution in [2.75, 3.05) is 0 Å². The Hall–Kier alpha value is -1.61. The molecule has 1 N–H and O–H groups in total. The SMILES string of the molecule is Cc1nn(C)c(C)c1C(O)c1ccc(C(C)C)cc1. The third kappa shape index (κ3) is 2.56. The largest absolute Gasteiger partial charge is 0.384 e. The topological polar surface area (TPSA) is 38.0 Å². The monoisotopic (exact) mass is 258 g/mol. The van der Waals surface area contributed by atoms with Crippen LogP contribution in [0.2, 0.25) is 0 Å². The summed E-state index contributed by atoms with van der Waals surface area (Å²) in [5.41, 5.74) is 5.03. The summed E-state index contributed by atoms with van der Waals surface area (Å²) in [6.07, 6.45) is -0.602. The van der Waals surface area contributed by atoms with Crippen LogP contribution < -0.4 is 0 Å². The minimum Gasteiger partial charge on any atom is -0.384 e. The average Bonchev–Trinajstić information content (AvgIpc) is 2.62. The summed E-state index contributed by atoms with van der Waals surface area (Å²) in [6, 6.07) is 8.19. The lowest BCUT2D eigenvalue weighted by atomic mass is 9.96. The van der Waals surface area contributed by atoms with Crippen molar-refractivity contribution < 1.29 is 5.11 Å². The maximum atomic E-state index is 10.5. The van der Waals surface area contributed by atoms with Crippen molar-refractivity contribution >= 4 is 0 Å². The molecule has 0 aliphatic heterocycles. The lowest BCUT2D eigenvalue weighted by Crippen LogP contribution is -2.03. The van der Waals surface area contributed by atoms with Gasteiger partial charge < -0.3 is 5.11 Å². The Morgan fingerprint density at radius 3 is 2.00 bits per heavy atom. The van der Waals surface area contributed by atoms with Crippen LogP contribution in [0, 0.1) is 13.8 Å². The maximum absolute atomic E-state index is 10.5. The van der Waals surface area contributed by atoms with Gasteiger partial charge in [0.05, 0.1) is 5.69 Å². The minimum absolute atomic E-state index is 0.507. The van der Waals surface area contributed by atoms with E-state index in [0.29, 0.717) is 5.92 Å². The first kappa shape index (κ1) is 13.8. The summed E-state index contributed by atoms with van der Waals surface area (Å²) in [6.45, 7) is 8.26. The molecule has 0 saturated heterocycles. The minimum atomic E-state index is -0.602. The van der Waals surface area contributed by atoms with E-state index in [0.717, 1.165) is 22.5 Å². The summed E-state index contributed by atoms with van der Waals surface area (Å²) in [5, 5.41) is 14.9. The van der Waals surface area contributed by atoms with Crippen LogP contribution in [0.3, 0.4) is 0 Å². The molecule has 1 aromatic heterocycles. The average molecular weight is 258 g/mol. The number of rotatable bonds is 3. The highest BCUT2D eigenvalue weighted by Gasteiger charge is 2.19. The number of aliphatic hydroxyl groups excluding tert-OH is 1. The second kappa shape index (κ2) is 5.17. The number of nitrogens with zero attached hydrogens (tertiary/aromatic N) is 2. The molecule has 2 rings (SSSR count). The third-order valence-corrected chi connectivity index (χ3v) is 3.76. The van der Waals surface area contributed by atoms with E-state index in [9.17, 15) is 5.11 Å². The van der Waals surface area contributed by atoms with Gasteiger partial charge in [0.2, 0.25) is 0 Å². The molecule has 1 atom stereocenters. The maximum Gasteiger partial charge on any atom is 0.108 e. The highest BCUT2D eigenvalue weighted by molar-refractivity contribution is 5.36. The van der Waals surface area contributed by atoms with Crippen molar-refractivity contribution in [2.24, 2.45) is 7.05 Å². The van der Waals surface area contributed by atoms with Crippen LogP contribution in [-0.4, -0.2) is 14.9 Å². The lowest BCUT2D eigenvalue weighted by molar-refractivity contribution is 0.218. The van der Waals surface area contributed by atoms with E-state index in [2.05, 4.69) is 31.1 Å². The van der Waals surface area contributed by atoms with Crippen molar-refractivity contribution in [1.29, 1.82) is 0 Å². The number of hydrogen-bond donors (Lipinski definition) is 1. The van der Waals surface area contributed by atoms with Gasteiger partial charge in [-0.15, -0.1) is 0 Å². The molecule has 3 heteroatoms. The molecule has 0 fully saturated rings. The number of aryl methyl sites for hydroxylation is 2. The molecular formula is C16H22N2O. The number of aromatic nitrogens is 2. The van der Waals surface area contributed by atoms with Gasteiger partial charge in [-0.05, 0) is 30.9 Å². The summed E-state index contributed by atoms with van der Waals surface area (Å²) in [7, 11) is 1.90. The van der Waals surface area contributed by atoms with Gasteiger partial charge in [-0.3, -0.25) is 4.68 Å². The normalized spacial score (nSPS) is 13.0. The Labute approximate surface area is 114 Å². The molecule has 0 bridgehead atoms. The molecule has 0 radical (unpaired) electrons. The first-order valence-corrected chi connectivity index (χ1v) is 6.69. The fourth-order valence-corrected chi connectivity index (χ4v) is 2.42. The fourth-order valence-electron chi connectivity index (χ4n) is 2.42. The predicted molar refractivity (Wildman–Crippen MR) is 77.3 cm³/mol. The zero-order chi connectivity index (χ0) is 14.2. The molecule has 1 aromatic carbocycles. The molecule has 0 aliphatic carbocycles. The van der Waals surface area contributed by atoms with Crippen LogP contribution in [0.4, 0.5) is 0 Å². The smallest absolute Gasteiger partial charge is 0.108 e. The van der Waals surface area contributed by atoms with Gasteiger partial charge in [0.25, 0.3) is 0 Å². The summed E-state index contributed by atoms with van der Waals surface area (Å²) >= 11 is 0. The van der Waals surface area contributed by atoms with Crippen molar-refractivity contribution in [3.63, 3.8) is 0 Å². The van der Waals surface area contributed by atoms with Gasteiger partial charge in [0, 0.05) is 18.3 Å². The van der Waals surface area contributed by atoms with Gasteiger partial charge >= 0.3 is 0 Å². The quantitative estimate of drug-likeness (QED) is 0.917. The van der Waals surface area contributed by atoms with Gasteiger partial charge in [0.15, 0.2) is 0 Å². The zero-order valence-electron chi connectivity index (χ0n) is 12.3. The molecule has 0 amide bonds. The Bertz CT molecular complexity index is 567. The Kier molecular flexibility index (Phi) is 3.76. The van der Waals surface area contributed by atoms with Crippen molar-refractivity contribution in [1.82, 2.24) is 9.78 Å². The van der Waals surface area contributed by atoms with E-state index in [-0.39, 0.29) is 0 Å². The molecule has 102 valence electrons. The van der Waals surface area contributed by atoms with E-state index in [1.54, 1.807) is 0 Å². The molecule has 0 saturated carbocycles. The van der Waals surface area contributed by atoms with Gasteiger partial charge in [0.1, 0.15) is 6.10 Å². The van der Waals surface area contributed by atoms with Gasteiger partial charge in [-0.2, -0.15) is 5.10 Å². The lowest BCUT2D eigenvalue weighted by Gasteiger charge is -2.13. The highest BCUT2D eigenvalue weighted by Crippen LogP contribution is 2.28. The molecule has 2 aromatic rings.